The minimum atomic E-state index is 0. The topological polar surface area (TPSA) is 41.6 Å². The SMILES string of the molecule is COCCNCC(=O)N(C)Cc1cccc2ccccc12.Cl. The van der Waals surface area contributed by atoms with Crippen LogP contribution in [0.4, 0.5) is 0 Å². The Morgan fingerprint density at radius 1 is 1.18 bits per heavy atom. The lowest BCUT2D eigenvalue weighted by molar-refractivity contribution is -0.129. The van der Waals surface area contributed by atoms with Gasteiger partial charge in [-0.05, 0) is 16.3 Å². The molecule has 0 aliphatic heterocycles. The summed E-state index contributed by atoms with van der Waals surface area (Å²) in [5.41, 5.74) is 1.17. The third-order valence-electron chi connectivity index (χ3n) is 3.47. The third kappa shape index (κ3) is 4.98. The Morgan fingerprint density at radius 3 is 2.68 bits per heavy atom. The Morgan fingerprint density at radius 2 is 1.91 bits per heavy atom. The van der Waals surface area contributed by atoms with E-state index >= 15 is 0 Å². The highest BCUT2D eigenvalue weighted by Gasteiger charge is 2.10. The highest BCUT2D eigenvalue weighted by Crippen LogP contribution is 2.19. The van der Waals surface area contributed by atoms with Crippen LogP contribution in [0.25, 0.3) is 10.8 Å². The summed E-state index contributed by atoms with van der Waals surface area (Å²) in [6.45, 7) is 2.25. The molecule has 22 heavy (non-hydrogen) atoms. The van der Waals surface area contributed by atoms with Crippen molar-refractivity contribution in [1.82, 2.24) is 10.2 Å². The lowest BCUT2D eigenvalue weighted by Gasteiger charge is -2.18. The Balaban J connectivity index is 0.00000242. The summed E-state index contributed by atoms with van der Waals surface area (Å²) in [5, 5.41) is 5.48. The molecule has 4 nitrogen and oxygen atoms in total. The second-order valence-electron chi connectivity index (χ2n) is 5.06. The number of carbonyl (C=O) groups is 1. The van der Waals surface area contributed by atoms with E-state index in [4.69, 9.17) is 4.74 Å². The Labute approximate surface area is 137 Å². The number of hydrogen-bond donors (Lipinski definition) is 1. The molecule has 0 atom stereocenters. The number of amides is 1. The van der Waals surface area contributed by atoms with Crippen molar-refractivity contribution in [2.24, 2.45) is 0 Å². The molecule has 2 aromatic carbocycles. The van der Waals surface area contributed by atoms with Crippen molar-refractivity contribution < 1.29 is 9.53 Å². The predicted molar refractivity (Wildman–Crippen MR) is 92.4 cm³/mol. The predicted octanol–water partition coefficient (Wildman–Crippen LogP) is 2.46. The number of likely N-dealkylation sites (N-methyl/N-ethyl adjacent to an activating group) is 1. The maximum Gasteiger partial charge on any atom is 0.236 e. The molecule has 1 N–H and O–H groups in total. The molecule has 0 saturated carbocycles. The van der Waals surface area contributed by atoms with Crippen LogP contribution in [0.3, 0.4) is 0 Å². The summed E-state index contributed by atoms with van der Waals surface area (Å²) < 4.78 is 4.94. The number of nitrogens with one attached hydrogen (secondary N) is 1. The van der Waals surface area contributed by atoms with E-state index in [-0.39, 0.29) is 18.3 Å². The Kier molecular flexibility index (Phi) is 7.88. The maximum atomic E-state index is 12.1. The van der Waals surface area contributed by atoms with Crippen molar-refractivity contribution in [2.75, 3.05) is 33.9 Å². The van der Waals surface area contributed by atoms with Crippen molar-refractivity contribution in [3.8, 4) is 0 Å². The normalized spacial score (nSPS) is 10.3. The van der Waals surface area contributed by atoms with Gasteiger partial charge in [-0.15, -0.1) is 12.4 Å². The van der Waals surface area contributed by atoms with Gasteiger partial charge in [0.1, 0.15) is 0 Å². The van der Waals surface area contributed by atoms with Crippen LogP contribution < -0.4 is 5.32 Å². The summed E-state index contributed by atoms with van der Waals surface area (Å²) in [7, 11) is 3.48. The number of ether oxygens (including phenoxy) is 1. The minimum absolute atomic E-state index is 0. The number of methoxy groups -OCH3 is 1. The zero-order chi connectivity index (χ0) is 15.1. The van der Waals surface area contributed by atoms with Crippen molar-refractivity contribution in [3.63, 3.8) is 0 Å². The van der Waals surface area contributed by atoms with Gasteiger partial charge in [-0.1, -0.05) is 42.5 Å². The second kappa shape index (κ2) is 9.41. The van der Waals surface area contributed by atoms with Gasteiger partial charge in [0.15, 0.2) is 0 Å². The molecule has 0 radical (unpaired) electrons. The fourth-order valence-corrected chi connectivity index (χ4v) is 2.28. The van der Waals surface area contributed by atoms with E-state index in [9.17, 15) is 4.79 Å². The van der Waals surface area contributed by atoms with Crippen LogP contribution in [-0.4, -0.2) is 44.7 Å². The molecule has 0 bridgehead atoms. The molecular formula is C17H23ClN2O2. The largest absolute Gasteiger partial charge is 0.383 e. The monoisotopic (exact) mass is 322 g/mol. The van der Waals surface area contributed by atoms with E-state index in [1.54, 1.807) is 12.0 Å². The summed E-state index contributed by atoms with van der Waals surface area (Å²) in [6, 6.07) is 14.4. The number of rotatable bonds is 7. The standard InChI is InChI=1S/C17H22N2O2.ClH/c1-19(17(20)12-18-10-11-21-2)13-15-8-5-7-14-6-3-4-9-16(14)15;/h3-9,18H,10-13H2,1-2H3;1H. The average molecular weight is 323 g/mol. The number of fused-ring (bicyclic) bond motifs is 1. The molecule has 0 aliphatic rings. The fourth-order valence-electron chi connectivity index (χ4n) is 2.28. The van der Waals surface area contributed by atoms with Crippen LogP contribution in [-0.2, 0) is 16.1 Å². The van der Waals surface area contributed by atoms with E-state index in [0.29, 0.717) is 26.2 Å². The van der Waals surface area contributed by atoms with Gasteiger partial charge < -0.3 is 15.0 Å². The number of nitrogens with zero attached hydrogens (tertiary/aromatic N) is 1. The smallest absolute Gasteiger partial charge is 0.236 e. The van der Waals surface area contributed by atoms with Gasteiger partial charge in [-0.3, -0.25) is 4.79 Å². The Hall–Kier alpha value is -1.62. The average Bonchev–Trinajstić information content (AvgIpc) is 2.51. The molecule has 0 saturated heterocycles. The van der Waals surface area contributed by atoms with Crippen molar-refractivity contribution in [2.45, 2.75) is 6.54 Å². The van der Waals surface area contributed by atoms with E-state index in [2.05, 4.69) is 29.6 Å². The molecule has 2 aromatic rings. The molecule has 1 amide bonds. The van der Waals surface area contributed by atoms with Gasteiger partial charge in [0.2, 0.25) is 5.91 Å². The summed E-state index contributed by atoms with van der Waals surface area (Å²) in [6.07, 6.45) is 0. The van der Waals surface area contributed by atoms with Crippen LogP contribution in [0.5, 0.6) is 0 Å². The molecular weight excluding hydrogens is 300 g/mol. The molecule has 5 heteroatoms. The third-order valence-corrected chi connectivity index (χ3v) is 3.47. The zero-order valence-electron chi connectivity index (χ0n) is 13.0. The number of carbonyl (C=O) groups excluding carboxylic acids is 1. The maximum absolute atomic E-state index is 12.1. The fraction of sp³-hybridized carbons (Fsp3) is 0.353. The first-order valence-electron chi connectivity index (χ1n) is 7.12. The summed E-state index contributed by atoms with van der Waals surface area (Å²) in [5.74, 6) is 0.0824. The van der Waals surface area contributed by atoms with E-state index < -0.39 is 0 Å². The van der Waals surface area contributed by atoms with Crippen molar-refractivity contribution in [1.29, 1.82) is 0 Å². The molecule has 2 rings (SSSR count). The zero-order valence-corrected chi connectivity index (χ0v) is 13.9. The van der Waals surface area contributed by atoms with Crippen molar-refractivity contribution >= 4 is 29.1 Å². The van der Waals surface area contributed by atoms with Gasteiger partial charge >= 0.3 is 0 Å². The minimum Gasteiger partial charge on any atom is -0.383 e. The highest BCUT2D eigenvalue weighted by atomic mass is 35.5. The second-order valence-corrected chi connectivity index (χ2v) is 5.06. The van der Waals surface area contributed by atoms with Gasteiger partial charge in [-0.25, -0.2) is 0 Å². The van der Waals surface area contributed by atoms with E-state index in [0.717, 1.165) is 0 Å². The number of hydrogen-bond acceptors (Lipinski definition) is 3. The van der Waals surface area contributed by atoms with Crippen LogP contribution >= 0.6 is 12.4 Å². The molecule has 0 heterocycles. The van der Waals surface area contributed by atoms with Gasteiger partial charge in [0, 0.05) is 27.2 Å². The van der Waals surface area contributed by atoms with Gasteiger partial charge in [0.25, 0.3) is 0 Å². The van der Waals surface area contributed by atoms with Crippen LogP contribution in [0.2, 0.25) is 0 Å². The van der Waals surface area contributed by atoms with Crippen LogP contribution in [0.15, 0.2) is 42.5 Å². The highest BCUT2D eigenvalue weighted by molar-refractivity contribution is 5.86. The first-order chi connectivity index (χ1) is 10.2. The first-order valence-corrected chi connectivity index (χ1v) is 7.12. The molecule has 0 aliphatic carbocycles. The van der Waals surface area contributed by atoms with E-state index in [1.165, 1.54) is 16.3 Å². The molecule has 0 aromatic heterocycles. The molecule has 0 spiro atoms. The quantitative estimate of drug-likeness (QED) is 0.796. The Bertz CT molecular complexity index is 599. The number of halogens is 1. The summed E-state index contributed by atoms with van der Waals surface area (Å²) >= 11 is 0. The van der Waals surface area contributed by atoms with Crippen LogP contribution in [0, 0.1) is 0 Å². The number of benzene rings is 2. The van der Waals surface area contributed by atoms with Crippen LogP contribution in [0.1, 0.15) is 5.56 Å². The van der Waals surface area contributed by atoms with Crippen molar-refractivity contribution in [3.05, 3.63) is 48.0 Å². The van der Waals surface area contributed by atoms with E-state index in [1.807, 2.05) is 25.2 Å². The lowest BCUT2D eigenvalue weighted by Crippen LogP contribution is -2.36. The van der Waals surface area contributed by atoms with Gasteiger partial charge in [0.05, 0.1) is 13.2 Å². The summed E-state index contributed by atoms with van der Waals surface area (Å²) in [4.78, 5) is 13.8. The lowest BCUT2D eigenvalue weighted by atomic mass is 10.0. The first kappa shape index (κ1) is 18.4. The van der Waals surface area contributed by atoms with Gasteiger partial charge in [-0.2, -0.15) is 0 Å². The molecule has 0 unspecified atom stereocenters. The molecule has 120 valence electrons. The molecule has 0 fully saturated rings.